The number of carbonyl (C=O) groups excluding carboxylic acids is 1. The van der Waals surface area contributed by atoms with E-state index < -0.39 is 0 Å². The Balaban J connectivity index is 1.33. The number of benzene rings is 1. The minimum Gasteiger partial charge on any atom is -0.295 e. The molecule has 6 rings (SSSR count). The zero-order valence-corrected chi connectivity index (χ0v) is 17.7. The highest BCUT2D eigenvalue weighted by Gasteiger charge is 2.59. The summed E-state index contributed by atoms with van der Waals surface area (Å²) < 4.78 is 13.3. The van der Waals surface area contributed by atoms with E-state index in [4.69, 9.17) is 10.2 Å². The van der Waals surface area contributed by atoms with Crippen LogP contribution in [0.1, 0.15) is 63.8 Å². The number of halogens is 1. The Bertz CT molecular complexity index is 1070. The zero-order valence-electron chi connectivity index (χ0n) is 17.7. The van der Waals surface area contributed by atoms with E-state index in [9.17, 15) is 9.18 Å². The van der Waals surface area contributed by atoms with Crippen molar-refractivity contribution in [1.29, 1.82) is 0 Å². The van der Waals surface area contributed by atoms with Crippen molar-refractivity contribution >= 4 is 5.78 Å². The molecule has 0 saturated heterocycles. The summed E-state index contributed by atoms with van der Waals surface area (Å²) >= 11 is 0. The SMILES string of the molecule is CC12CCC(=O)C=C1CCC1C2CCC2(C)c3nn(-c4ccc(F)cc4)nc3CC12. The second-order valence-corrected chi connectivity index (χ2v) is 10.4. The summed E-state index contributed by atoms with van der Waals surface area (Å²) in [4.78, 5) is 13.7. The molecule has 5 heteroatoms. The highest BCUT2D eigenvalue weighted by atomic mass is 19.1. The quantitative estimate of drug-likeness (QED) is 0.674. The van der Waals surface area contributed by atoms with Crippen LogP contribution in [0.5, 0.6) is 0 Å². The molecule has 30 heavy (non-hydrogen) atoms. The third-order valence-corrected chi connectivity index (χ3v) is 9.05. The van der Waals surface area contributed by atoms with Gasteiger partial charge in [0.2, 0.25) is 0 Å². The molecule has 4 aliphatic carbocycles. The number of fused-ring (bicyclic) bond motifs is 7. The number of hydrogen-bond acceptors (Lipinski definition) is 3. The van der Waals surface area contributed by atoms with Crippen molar-refractivity contribution in [2.45, 2.75) is 64.2 Å². The van der Waals surface area contributed by atoms with E-state index >= 15 is 0 Å². The van der Waals surface area contributed by atoms with Crippen molar-refractivity contribution in [3.05, 3.63) is 53.1 Å². The number of rotatable bonds is 1. The number of aromatic nitrogens is 3. The van der Waals surface area contributed by atoms with Gasteiger partial charge in [-0.15, -0.1) is 0 Å². The molecule has 2 saturated carbocycles. The smallest absolute Gasteiger partial charge is 0.155 e. The lowest BCUT2D eigenvalue weighted by atomic mass is 9.47. The van der Waals surface area contributed by atoms with Gasteiger partial charge < -0.3 is 0 Å². The first-order valence-corrected chi connectivity index (χ1v) is 11.3. The van der Waals surface area contributed by atoms with Gasteiger partial charge in [-0.2, -0.15) is 15.0 Å². The van der Waals surface area contributed by atoms with E-state index in [0.29, 0.717) is 30.0 Å². The largest absolute Gasteiger partial charge is 0.295 e. The number of allylic oxidation sites excluding steroid dienone is 2. The van der Waals surface area contributed by atoms with Crippen molar-refractivity contribution in [3.63, 3.8) is 0 Å². The van der Waals surface area contributed by atoms with Gasteiger partial charge in [0, 0.05) is 11.8 Å². The third kappa shape index (κ3) is 2.41. The van der Waals surface area contributed by atoms with Crippen LogP contribution in [0.2, 0.25) is 0 Å². The van der Waals surface area contributed by atoms with Crippen LogP contribution in [0.25, 0.3) is 5.69 Å². The summed E-state index contributed by atoms with van der Waals surface area (Å²) in [6.07, 6.45) is 9.26. The molecule has 0 radical (unpaired) electrons. The molecule has 0 spiro atoms. The van der Waals surface area contributed by atoms with Crippen LogP contribution in [0, 0.1) is 29.0 Å². The summed E-state index contributed by atoms with van der Waals surface area (Å²) in [5.74, 6) is 2.00. The first-order chi connectivity index (χ1) is 14.4. The zero-order chi connectivity index (χ0) is 20.7. The Hall–Kier alpha value is -2.30. The first-order valence-electron chi connectivity index (χ1n) is 11.3. The molecule has 2 fully saturated rings. The minimum absolute atomic E-state index is 0.0663. The summed E-state index contributed by atoms with van der Waals surface area (Å²) in [5.41, 5.74) is 4.76. The van der Waals surface area contributed by atoms with E-state index in [1.165, 1.54) is 30.5 Å². The average Bonchev–Trinajstić information content (AvgIpc) is 3.26. The number of carbonyl (C=O) groups is 1. The standard InChI is InChI=1S/C25H28FN3O/c1-24-11-9-18(30)13-15(24)3-8-19-20(24)10-12-25(2)21(19)14-22-23(25)28-29(27-22)17-6-4-16(26)5-7-17/h4-7,13,19-21H,3,8-12,14H2,1-2H3. The van der Waals surface area contributed by atoms with Gasteiger partial charge in [0.1, 0.15) is 5.82 Å². The summed E-state index contributed by atoms with van der Waals surface area (Å²) in [5, 5.41) is 9.75. The van der Waals surface area contributed by atoms with Gasteiger partial charge in [0.25, 0.3) is 0 Å². The molecule has 0 aliphatic heterocycles. The Labute approximate surface area is 176 Å². The predicted octanol–water partition coefficient (Wildman–Crippen LogP) is 4.95. The van der Waals surface area contributed by atoms with Crippen LogP contribution in [0.4, 0.5) is 4.39 Å². The van der Waals surface area contributed by atoms with E-state index in [2.05, 4.69) is 13.8 Å². The van der Waals surface area contributed by atoms with Crippen LogP contribution in [-0.4, -0.2) is 20.8 Å². The van der Waals surface area contributed by atoms with Crippen molar-refractivity contribution in [1.82, 2.24) is 15.0 Å². The third-order valence-electron chi connectivity index (χ3n) is 9.05. The van der Waals surface area contributed by atoms with Crippen LogP contribution in [0.15, 0.2) is 35.9 Å². The molecule has 5 unspecified atom stereocenters. The molecule has 1 aromatic heterocycles. The monoisotopic (exact) mass is 405 g/mol. The van der Waals surface area contributed by atoms with Crippen LogP contribution >= 0.6 is 0 Å². The Morgan fingerprint density at radius 2 is 1.80 bits per heavy atom. The maximum atomic E-state index is 13.3. The summed E-state index contributed by atoms with van der Waals surface area (Å²) in [7, 11) is 0. The van der Waals surface area contributed by atoms with Gasteiger partial charge in [0.05, 0.1) is 17.1 Å². The normalized spacial score (nSPS) is 37.1. The molecule has 1 heterocycles. The molecule has 156 valence electrons. The van der Waals surface area contributed by atoms with Crippen LogP contribution in [-0.2, 0) is 16.6 Å². The fourth-order valence-corrected chi connectivity index (χ4v) is 7.37. The van der Waals surface area contributed by atoms with E-state index in [0.717, 1.165) is 42.8 Å². The van der Waals surface area contributed by atoms with Crippen molar-refractivity contribution in [2.75, 3.05) is 0 Å². The summed E-state index contributed by atoms with van der Waals surface area (Å²) in [6.45, 7) is 4.81. The Morgan fingerprint density at radius 1 is 1.00 bits per heavy atom. The van der Waals surface area contributed by atoms with E-state index in [-0.39, 0.29) is 16.6 Å². The summed E-state index contributed by atoms with van der Waals surface area (Å²) in [6, 6.07) is 6.40. The second kappa shape index (κ2) is 6.12. The number of hydrogen-bond donors (Lipinski definition) is 0. The maximum Gasteiger partial charge on any atom is 0.155 e. The lowest BCUT2D eigenvalue weighted by Gasteiger charge is -2.57. The van der Waals surface area contributed by atoms with E-state index in [1.807, 2.05) is 6.08 Å². The lowest BCUT2D eigenvalue weighted by Crippen LogP contribution is -2.51. The highest BCUT2D eigenvalue weighted by molar-refractivity contribution is 5.91. The molecule has 0 amide bonds. The number of ketones is 1. The van der Waals surface area contributed by atoms with Gasteiger partial charge in [0.15, 0.2) is 5.78 Å². The minimum atomic E-state index is -0.243. The molecular weight excluding hydrogens is 377 g/mol. The molecule has 4 aliphatic rings. The molecule has 0 N–H and O–H groups in total. The fourth-order valence-electron chi connectivity index (χ4n) is 7.37. The number of nitrogens with zero attached hydrogens (tertiary/aromatic N) is 3. The average molecular weight is 406 g/mol. The van der Waals surface area contributed by atoms with Gasteiger partial charge in [-0.1, -0.05) is 19.4 Å². The maximum absolute atomic E-state index is 13.3. The Morgan fingerprint density at radius 3 is 2.60 bits per heavy atom. The van der Waals surface area contributed by atoms with E-state index in [1.54, 1.807) is 16.9 Å². The van der Waals surface area contributed by atoms with Crippen molar-refractivity contribution < 1.29 is 9.18 Å². The molecule has 0 bridgehead atoms. The van der Waals surface area contributed by atoms with Gasteiger partial charge in [-0.3, -0.25) is 4.79 Å². The molecule has 5 atom stereocenters. The highest BCUT2D eigenvalue weighted by Crippen LogP contribution is 2.64. The second-order valence-electron chi connectivity index (χ2n) is 10.4. The molecule has 4 nitrogen and oxygen atoms in total. The van der Waals surface area contributed by atoms with Gasteiger partial charge in [-0.25, -0.2) is 4.39 Å². The van der Waals surface area contributed by atoms with Crippen LogP contribution in [0.3, 0.4) is 0 Å². The lowest BCUT2D eigenvalue weighted by molar-refractivity contribution is -0.117. The van der Waals surface area contributed by atoms with Crippen LogP contribution < -0.4 is 0 Å². The Kier molecular flexibility index (Phi) is 3.76. The topological polar surface area (TPSA) is 47.8 Å². The first kappa shape index (κ1) is 18.5. The fraction of sp³-hybridized carbons (Fsp3) is 0.560. The predicted molar refractivity (Wildman–Crippen MR) is 112 cm³/mol. The van der Waals surface area contributed by atoms with Crippen molar-refractivity contribution in [3.8, 4) is 5.69 Å². The molecule has 1 aromatic carbocycles. The van der Waals surface area contributed by atoms with Crippen molar-refractivity contribution in [2.24, 2.45) is 23.2 Å². The molecular formula is C25H28FN3O. The molecule has 2 aromatic rings. The van der Waals surface area contributed by atoms with Gasteiger partial charge >= 0.3 is 0 Å². The van der Waals surface area contributed by atoms with Gasteiger partial charge in [-0.05, 0) is 92.0 Å².